The van der Waals surface area contributed by atoms with Crippen molar-refractivity contribution in [2.75, 3.05) is 37.3 Å². The first-order chi connectivity index (χ1) is 14.8. The van der Waals surface area contributed by atoms with E-state index in [0.29, 0.717) is 30.0 Å². The first kappa shape index (κ1) is 22.3. The second kappa shape index (κ2) is 9.59. The van der Waals surface area contributed by atoms with Crippen molar-refractivity contribution in [3.8, 4) is 6.07 Å². The van der Waals surface area contributed by atoms with Crippen LogP contribution in [0.25, 0.3) is 0 Å². The van der Waals surface area contributed by atoms with Crippen LogP contribution in [-0.2, 0) is 14.8 Å². The van der Waals surface area contributed by atoms with Gasteiger partial charge in [0.1, 0.15) is 0 Å². The number of likely N-dealkylation sites (tertiary alicyclic amines) is 1. The fourth-order valence-electron chi connectivity index (χ4n) is 3.17. The molecule has 3 rings (SSSR count). The lowest BCUT2D eigenvalue weighted by Crippen LogP contribution is -2.35. The molecule has 1 aliphatic rings. The summed E-state index contributed by atoms with van der Waals surface area (Å²) in [6.45, 7) is 0.966. The molecule has 2 N–H and O–H groups in total. The number of carbonyl (C=O) groups is 2. The monoisotopic (exact) mass is 441 g/mol. The standard InChI is InChI=1S/C21H23N5O4S/c1-25(31(29,30)17-10-8-16(14-22)9-11-17)15-20(27)23-18-6-2-3-7-19(18)24-21(28)26-12-4-5-13-26/h2-3,6-11H,4-5,12-13,15H2,1H3,(H,23,27)(H,24,28). The van der Waals surface area contributed by atoms with Crippen LogP contribution in [-0.4, -0.2) is 56.2 Å². The van der Waals surface area contributed by atoms with Crippen LogP contribution in [0.4, 0.5) is 16.2 Å². The molecule has 0 bridgehead atoms. The van der Waals surface area contributed by atoms with Gasteiger partial charge in [-0.2, -0.15) is 9.57 Å². The van der Waals surface area contributed by atoms with Crippen LogP contribution in [0, 0.1) is 11.3 Å². The fraction of sp³-hybridized carbons (Fsp3) is 0.286. The van der Waals surface area contributed by atoms with Gasteiger partial charge in [0, 0.05) is 20.1 Å². The molecule has 9 nitrogen and oxygen atoms in total. The fourth-order valence-corrected chi connectivity index (χ4v) is 4.30. The summed E-state index contributed by atoms with van der Waals surface area (Å²) in [4.78, 5) is 26.6. The number of para-hydroxylation sites is 2. The summed E-state index contributed by atoms with van der Waals surface area (Å²) in [5.74, 6) is -0.553. The summed E-state index contributed by atoms with van der Waals surface area (Å²) in [6, 6.07) is 13.9. The van der Waals surface area contributed by atoms with Crippen molar-refractivity contribution in [2.24, 2.45) is 0 Å². The van der Waals surface area contributed by atoms with Crippen LogP contribution < -0.4 is 10.6 Å². The molecule has 0 aromatic heterocycles. The van der Waals surface area contributed by atoms with Gasteiger partial charge < -0.3 is 15.5 Å². The number of benzene rings is 2. The summed E-state index contributed by atoms with van der Waals surface area (Å²) < 4.78 is 26.3. The lowest BCUT2D eigenvalue weighted by molar-refractivity contribution is -0.116. The van der Waals surface area contributed by atoms with E-state index in [1.165, 1.54) is 31.3 Å². The average molecular weight is 442 g/mol. The van der Waals surface area contributed by atoms with Crippen molar-refractivity contribution in [3.05, 3.63) is 54.1 Å². The van der Waals surface area contributed by atoms with Gasteiger partial charge in [0.25, 0.3) is 0 Å². The molecule has 3 amide bonds. The Hall–Kier alpha value is -3.42. The first-order valence-electron chi connectivity index (χ1n) is 9.72. The number of urea groups is 1. The summed E-state index contributed by atoms with van der Waals surface area (Å²) >= 11 is 0. The van der Waals surface area contributed by atoms with Crippen LogP contribution >= 0.6 is 0 Å². The third-order valence-corrected chi connectivity index (χ3v) is 6.71. The zero-order valence-electron chi connectivity index (χ0n) is 17.0. The van der Waals surface area contributed by atoms with Crippen LogP contribution in [0.3, 0.4) is 0 Å². The number of rotatable bonds is 6. The lowest BCUT2D eigenvalue weighted by Gasteiger charge is -2.19. The topological polar surface area (TPSA) is 123 Å². The second-order valence-corrected chi connectivity index (χ2v) is 9.16. The molecule has 1 heterocycles. The number of carbonyl (C=O) groups excluding carboxylic acids is 2. The highest BCUT2D eigenvalue weighted by molar-refractivity contribution is 7.89. The number of nitrogens with zero attached hydrogens (tertiary/aromatic N) is 3. The molecule has 2 aromatic rings. The molecule has 0 unspecified atom stereocenters. The number of sulfonamides is 1. The normalized spacial score (nSPS) is 13.6. The Kier molecular flexibility index (Phi) is 6.89. The Morgan fingerprint density at radius 1 is 1.03 bits per heavy atom. The highest BCUT2D eigenvalue weighted by Crippen LogP contribution is 2.22. The summed E-state index contributed by atoms with van der Waals surface area (Å²) in [6.07, 6.45) is 1.93. The molecular formula is C21H23N5O4S. The molecule has 0 radical (unpaired) electrons. The molecule has 162 valence electrons. The van der Waals surface area contributed by atoms with Crippen molar-refractivity contribution in [3.63, 3.8) is 0 Å². The molecule has 0 aliphatic carbocycles. The van der Waals surface area contributed by atoms with Gasteiger partial charge in [-0.3, -0.25) is 4.79 Å². The van der Waals surface area contributed by atoms with E-state index in [2.05, 4.69) is 10.6 Å². The van der Waals surface area contributed by atoms with Crippen molar-refractivity contribution in [1.29, 1.82) is 5.26 Å². The van der Waals surface area contributed by atoms with Crippen molar-refractivity contribution >= 4 is 33.3 Å². The number of nitriles is 1. The molecule has 31 heavy (non-hydrogen) atoms. The van der Waals surface area contributed by atoms with Gasteiger partial charge in [0.05, 0.1) is 34.4 Å². The lowest BCUT2D eigenvalue weighted by atomic mass is 10.2. The van der Waals surface area contributed by atoms with E-state index in [1.54, 1.807) is 29.2 Å². The Morgan fingerprint density at radius 3 is 2.19 bits per heavy atom. The third kappa shape index (κ3) is 5.39. The molecule has 2 aromatic carbocycles. The molecule has 1 saturated heterocycles. The van der Waals surface area contributed by atoms with Gasteiger partial charge in [0.2, 0.25) is 15.9 Å². The van der Waals surface area contributed by atoms with Crippen LogP contribution in [0.1, 0.15) is 18.4 Å². The minimum absolute atomic E-state index is 0.0138. The summed E-state index contributed by atoms with van der Waals surface area (Å²) in [5, 5.41) is 14.3. The highest BCUT2D eigenvalue weighted by Gasteiger charge is 2.24. The minimum Gasteiger partial charge on any atom is -0.325 e. The Morgan fingerprint density at radius 2 is 1.61 bits per heavy atom. The molecular weight excluding hydrogens is 418 g/mol. The minimum atomic E-state index is -3.90. The molecule has 0 spiro atoms. The van der Waals surface area contributed by atoms with Gasteiger partial charge in [-0.25, -0.2) is 13.2 Å². The van der Waals surface area contributed by atoms with Crippen LogP contribution in [0.15, 0.2) is 53.4 Å². The maximum Gasteiger partial charge on any atom is 0.321 e. The number of hydrogen-bond acceptors (Lipinski definition) is 5. The van der Waals surface area contributed by atoms with Crippen molar-refractivity contribution < 1.29 is 18.0 Å². The summed E-state index contributed by atoms with van der Waals surface area (Å²) in [5.41, 5.74) is 1.15. The van der Waals surface area contributed by atoms with Gasteiger partial charge >= 0.3 is 6.03 Å². The number of hydrogen-bond donors (Lipinski definition) is 2. The van der Waals surface area contributed by atoms with E-state index in [0.717, 1.165) is 17.1 Å². The molecule has 1 fully saturated rings. The predicted molar refractivity (Wildman–Crippen MR) is 116 cm³/mol. The van der Waals surface area contributed by atoms with Gasteiger partial charge in [0.15, 0.2) is 0 Å². The maximum atomic E-state index is 12.7. The SMILES string of the molecule is CN(CC(=O)Nc1ccccc1NC(=O)N1CCCC1)S(=O)(=O)c1ccc(C#N)cc1. The average Bonchev–Trinajstić information content (AvgIpc) is 3.30. The Balaban J connectivity index is 1.66. The maximum absolute atomic E-state index is 12.7. The van der Waals surface area contributed by atoms with E-state index in [4.69, 9.17) is 5.26 Å². The molecule has 1 aliphatic heterocycles. The van der Waals surface area contributed by atoms with Gasteiger partial charge in [-0.05, 0) is 49.2 Å². The van der Waals surface area contributed by atoms with Crippen molar-refractivity contribution in [1.82, 2.24) is 9.21 Å². The molecule has 0 saturated carbocycles. The van der Waals surface area contributed by atoms with Crippen LogP contribution in [0.5, 0.6) is 0 Å². The van der Waals surface area contributed by atoms with E-state index < -0.39 is 22.5 Å². The summed E-state index contributed by atoms with van der Waals surface area (Å²) in [7, 11) is -2.61. The highest BCUT2D eigenvalue weighted by atomic mass is 32.2. The number of likely N-dealkylation sites (N-methyl/N-ethyl adjacent to an activating group) is 1. The van der Waals surface area contributed by atoms with Crippen molar-refractivity contribution in [2.45, 2.75) is 17.7 Å². The molecule has 0 atom stereocenters. The van der Waals surface area contributed by atoms with E-state index in [1.807, 2.05) is 6.07 Å². The smallest absolute Gasteiger partial charge is 0.321 e. The molecule has 10 heteroatoms. The van der Waals surface area contributed by atoms with E-state index in [9.17, 15) is 18.0 Å². The van der Waals surface area contributed by atoms with E-state index in [-0.39, 0.29) is 10.9 Å². The predicted octanol–water partition coefficient (Wildman–Crippen LogP) is 2.45. The second-order valence-electron chi connectivity index (χ2n) is 7.12. The number of nitrogens with one attached hydrogen (secondary N) is 2. The van der Waals surface area contributed by atoms with E-state index >= 15 is 0 Å². The van der Waals surface area contributed by atoms with Crippen LogP contribution in [0.2, 0.25) is 0 Å². The largest absolute Gasteiger partial charge is 0.325 e. The van der Waals surface area contributed by atoms with Gasteiger partial charge in [-0.1, -0.05) is 12.1 Å². The zero-order chi connectivity index (χ0) is 22.4. The quantitative estimate of drug-likeness (QED) is 0.713. The Labute approximate surface area is 181 Å². The third-order valence-electron chi connectivity index (χ3n) is 4.89. The Bertz CT molecular complexity index is 1100. The number of anilines is 2. The van der Waals surface area contributed by atoms with Gasteiger partial charge in [-0.15, -0.1) is 0 Å². The zero-order valence-corrected chi connectivity index (χ0v) is 17.9. The number of amides is 3. The first-order valence-corrected chi connectivity index (χ1v) is 11.2.